The second kappa shape index (κ2) is 10.8. The van der Waals surface area contributed by atoms with Crippen LogP contribution in [0.4, 0.5) is 36.4 Å². The van der Waals surface area contributed by atoms with Gasteiger partial charge in [-0.25, -0.2) is 12.8 Å². The SMILES string of the molecule is C[C@](O)(CO)CNC(=O)C[C@@H]1CCc2cc(C(O)(C(F)(F)F)C(F)(F)F)ccc2N1S(=O)(=O)c1ccc(F)cc1. The van der Waals surface area contributed by atoms with Gasteiger partial charge in [-0.1, -0.05) is 12.1 Å². The number of benzene rings is 2. The molecule has 0 radical (unpaired) electrons. The fraction of sp³-hybridized carbons (Fsp3) is 0.458. The van der Waals surface area contributed by atoms with Crippen LogP contribution >= 0.6 is 0 Å². The van der Waals surface area contributed by atoms with E-state index >= 15 is 0 Å². The molecule has 2 atom stereocenters. The van der Waals surface area contributed by atoms with E-state index in [1.807, 2.05) is 0 Å². The van der Waals surface area contributed by atoms with Crippen LogP contribution in [-0.2, 0) is 26.8 Å². The van der Waals surface area contributed by atoms with Crippen LogP contribution in [0.5, 0.6) is 0 Å². The number of sulfonamides is 1. The van der Waals surface area contributed by atoms with Crippen LogP contribution in [0.2, 0.25) is 0 Å². The Hall–Kier alpha value is -2.95. The van der Waals surface area contributed by atoms with Gasteiger partial charge in [-0.15, -0.1) is 0 Å². The topological polar surface area (TPSA) is 127 Å². The summed E-state index contributed by atoms with van der Waals surface area (Å²) in [7, 11) is -4.65. The van der Waals surface area contributed by atoms with Crippen molar-refractivity contribution in [1.82, 2.24) is 5.32 Å². The number of nitrogens with zero attached hydrogens (tertiary/aromatic N) is 1. The molecule has 0 saturated carbocycles. The lowest BCUT2D eigenvalue weighted by molar-refractivity contribution is -0.376. The molecule has 1 amide bonds. The summed E-state index contributed by atoms with van der Waals surface area (Å²) in [6.45, 7) is 0.100. The highest BCUT2D eigenvalue weighted by Crippen LogP contribution is 2.51. The first-order valence-corrected chi connectivity index (χ1v) is 13.1. The van der Waals surface area contributed by atoms with Gasteiger partial charge in [-0.3, -0.25) is 9.10 Å². The van der Waals surface area contributed by atoms with Crippen LogP contribution in [0, 0.1) is 5.82 Å². The number of hydrogen-bond donors (Lipinski definition) is 4. The van der Waals surface area contributed by atoms with Gasteiger partial charge in [-0.05, 0) is 55.7 Å². The fourth-order valence-corrected chi connectivity index (χ4v) is 5.93. The molecule has 2 aromatic carbocycles. The minimum atomic E-state index is -6.16. The van der Waals surface area contributed by atoms with E-state index < -0.39 is 81.4 Å². The highest BCUT2D eigenvalue weighted by atomic mass is 32.2. The quantitative estimate of drug-likeness (QED) is 0.345. The minimum absolute atomic E-state index is 0.239. The van der Waals surface area contributed by atoms with Gasteiger partial charge in [0, 0.05) is 18.5 Å². The van der Waals surface area contributed by atoms with Crippen LogP contribution in [-0.4, -0.2) is 66.8 Å². The molecule has 0 bridgehead atoms. The van der Waals surface area contributed by atoms with E-state index in [4.69, 9.17) is 5.11 Å². The summed E-state index contributed by atoms with van der Waals surface area (Å²) < 4.78 is 122. The number of halogens is 7. The first-order chi connectivity index (χ1) is 18.2. The van der Waals surface area contributed by atoms with E-state index in [1.165, 1.54) is 6.92 Å². The molecular formula is C24H25F7N2O6S. The first-order valence-electron chi connectivity index (χ1n) is 11.6. The van der Waals surface area contributed by atoms with Crippen molar-refractivity contribution in [3.8, 4) is 0 Å². The van der Waals surface area contributed by atoms with Crippen molar-refractivity contribution in [2.24, 2.45) is 0 Å². The fourth-order valence-electron chi connectivity index (χ4n) is 4.21. The maximum atomic E-state index is 13.6. The zero-order valence-corrected chi connectivity index (χ0v) is 21.5. The van der Waals surface area contributed by atoms with Gasteiger partial charge in [0.25, 0.3) is 15.6 Å². The monoisotopic (exact) mass is 602 g/mol. The number of nitrogens with one attached hydrogen (secondary N) is 1. The van der Waals surface area contributed by atoms with Gasteiger partial charge in [0.05, 0.1) is 23.2 Å². The third kappa shape index (κ3) is 6.04. The normalized spacial score (nSPS) is 18.2. The van der Waals surface area contributed by atoms with Crippen molar-refractivity contribution in [1.29, 1.82) is 0 Å². The van der Waals surface area contributed by atoms with E-state index in [2.05, 4.69) is 5.32 Å². The number of rotatable bonds is 8. The van der Waals surface area contributed by atoms with E-state index in [0.717, 1.165) is 24.3 Å². The Morgan fingerprint density at radius 3 is 2.12 bits per heavy atom. The van der Waals surface area contributed by atoms with Gasteiger partial charge in [0.15, 0.2) is 0 Å². The van der Waals surface area contributed by atoms with Crippen LogP contribution in [0.25, 0.3) is 0 Å². The number of amides is 1. The zero-order chi connectivity index (χ0) is 30.3. The van der Waals surface area contributed by atoms with Crippen LogP contribution in [0.3, 0.4) is 0 Å². The molecule has 1 heterocycles. The van der Waals surface area contributed by atoms with Gasteiger partial charge in [0.2, 0.25) is 5.91 Å². The Morgan fingerprint density at radius 2 is 1.60 bits per heavy atom. The molecule has 0 aliphatic carbocycles. The number of anilines is 1. The molecule has 40 heavy (non-hydrogen) atoms. The third-order valence-corrected chi connectivity index (χ3v) is 8.31. The van der Waals surface area contributed by atoms with E-state index in [9.17, 15) is 54.2 Å². The van der Waals surface area contributed by atoms with Crippen molar-refractivity contribution in [3.05, 3.63) is 59.4 Å². The van der Waals surface area contributed by atoms with Crippen LogP contribution in [0.1, 0.15) is 30.9 Å². The summed E-state index contributed by atoms with van der Waals surface area (Å²) in [5, 5.41) is 31.1. The Balaban J connectivity index is 2.10. The van der Waals surface area contributed by atoms with Gasteiger partial charge < -0.3 is 20.6 Å². The average Bonchev–Trinajstić information content (AvgIpc) is 2.85. The van der Waals surface area contributed by atoms with E-state index in [-0.39, 0.29) is 24.1 Å². The predicted octanol–water partition coefficient (Wildman–Crippen LogP) is 2.90. The highest BCUT2D eigenvalue weighted by molar-refractivity contribution is 7.92. The maximum absolute atomic E-state index is 13.6. The number of alkyl halides is 6. The van der Waals surface area contributed by atoms with E-state index in [1.54, 1.807) is 0 Å². The summed E-state index contributed by atoms with van der Waals surface area (Å²) >= 11 is 0. The molecule has 1 aliphatic rings. The molecular weight excluding hydrogens is 577 g/mol. The lowest BCUT2D eigenvalue weighted by Crippen LogP contribution is -2.54. The summed E-state index contributed by atoms with van der Waals surface area (Å²) in [5.74, 6) is -1.56. The first kappa shape index (κ1) is 31.6. The molecule has 0 saturated heterocycles. The summed E-state index contributed by atoms with van der Waals surface area (Å²) in [6, 6.07) is 3.64. The molecule has 1 aliphatic heterocycles. The van der Waals surface area contributed by atoms with Crippen molar-refractivity contribution < 1.29 is 59.3 Å². The van der Waals surface area contributed by atoms with Gasteiger partial charge >= 0.3 is 12.4 Å². The molecule has 16 heteroatoms. The number of aliphatic hydroxyl groups excluding tert-OH is 1. The largest absolute Gasteiger partial charge is 0.430 e. The Bertz CT molecular complexity index is 1330. The molecule has 0 unspecified atom stereocenters. The molecule has 4 N–H and O–H groups in total. The number of carbonyl (C=O) groups excluding carboxylic acids is 1. The molecule has 0 fully saturated rings. The highest BCUT2D eigenvalue weighted by Gasteiger charge is 2.71. The zero-order valence-electron chi connectivity index (χ0n) is 20.7. The van der Waals surface area contributed by atoms with Crippen molar-refractivity contribution >= 4 is 21.6 Å². The standard InChI is InChI=1S/C24H25F7N2O6S/c1-21(36,13-34)12-32-20(35)11-17-6-2-14-10-15(22(37,23(26,27)28)24(29,30)31)3-9-19(14)33(17)40(38,39)18-7-4-16(25)5-8-18/h3-5,7-10,17,34,36-37H,2,6,11-13H2,1H3,(H,32,35)/t17-,21+/m0/s1. The number of hydrogen-bond acceptors (Lipinski definition) is 6. The van der Waals surface area contributed by atoms with E-state index in [0.29, 0.717) is 22.5 Å². The molecule has 222 valence electrons. The lowest BCUT2D eigenvalue weighted by Gasteiger charge is -2.39. The Labute approximate surface area is 224 Å². The van der Waals surface area contributed by atoms with Crippen molar-refractivity contribution in [3.63, 3.8) is 0 Å². The number of aryl methyl sites for hydroxylation is 1. The molecule has 8 nitrogen and oxygen atoms in total. The molecule has 0 aromatic heterocycles. The van der Waals surface area contributed by atoms with Crippen LogP contribution < -0.4 is 9.62 Å². The van der Waals surface area contributed by atoms with Gasteiger partial charge in [0.1, 0.15) is 11.4 Å². The number of aliphatic hydroxyl groups is 3. The summed E-state index contributed by atoms with van der Waals surface area (Å²) in [6.07, 6.45) is -13.4. The molecule has 3 rings (SSSR count). The molecule has 0 spiro atoms. The molecule has 2 aromatic rings. The second-order valence-corrected chi connectivity index (χ2v) is 11.4. The smallest absolute Gasteiger partial charge is 0.393 e. The van der Waals surface area contributed by atoms with Crippen molar-refractivity contribution in [2.45, 2.75) is 60.7 Å². The van der Waals surface area contributed by atoms with Crippen LogP contribution in [0.15, 0.2) is 47.4 Å². The third-order valence-electron chi connectivity index (χ3n) is 6.43. The average molecular weight is 603 g/mol. The maximum Gasteiger partial charge on any atom is 0.430 e. The second-order valence-electron chi connectivity index (χ2n) is 9.63. The predicted molar refractivity (Wildman–Crippen MR) is 126 cm³/mol. The van der Waals surface area contributed by atoms with Crippen molar-refractivity contribution in [2.75, 3.05) is 17.5 Å². The number of fused-ring (bicyclic) bond motifs is 1. The summed E-state index contributed by atoms with van der Waals surface area (Å²) in [5.41, 5.74) is -9.14. The Kier molecular flexibility index (Phi) is 8.52. The lowest BCUT2D eigenvalue weighted by atomic mass is 9.87. The Morgan fingerprint density at radius 1 is 1.02 bits per heavy atom. The summed E-state index contributed by atoms with van der Waals surface area (Å²) in [4.78, 5) is 12.1. The number of carbonyl (C=O) groups is 1. The van der Waals surface area contributed by atoms with Gasteiger partial charge in [-0.2, -0.15) is 26.3 Å². The minimum Gasteiger partial charge on any atom is -0.393 e.